The highest BCUT2D eigenvalue weighted by Gasteiger charge is 2.34. The Labute approximate surface area is 146 Å². The largest absolute Gasteiger partial charge is 0.355 e. The lowest BCUT2D eigenvalue weighted by atomic mass is 10.1. The number of benzene rings is 1. The number of rotatable bonds is 9. The van der Waals surface area contributed by atoms with Crippen molar-refractivity contribution < 1.29 is 14.4 Å². The molecule has 2 rings (SSSR count). The van der Waals surface area contributed by atoms with Gasteiger partial charge in [-0.15, -0.1) is 0 Å². The molecule has 0 radical (unpaired) electrons. The van der Waals surface area contributed by atoms with E-state index in [0.29, 0.717) is 43.5 Å². The van der Waals surface area contributed by atoms with Crippen molar-refractivity contribution in [1.82, 2.24) is 10.2 Å². The Bertz CT molecular complexity index is 586. The molecule has 1 aliphatic heterocycles. The molecule has 0 saturated heterocycles. The van der Waals surface area contributed by atoms with E-state index < -0.39 is 6.04 Å². The van der Waals surface area contributed by atoms with Gasteiger partial charge in [0.15, 0.2) is 0 Å². The first-order valence-electron chi connectivity index (χ1n) is 8.03. The monoisotopic (exact) mass is 349 g/mol. The molecule has 1 heterocycles. The number of hydrogen-bond acceptors (Lipinski definition) is 5. The van der Waals surface area contributed by atoms with Crippen LogP contribution in [-0.2, 0) is 4.79 Å². The van der Waals surface area contributed by atoms with Crippen molar-refractivity contribution in [2.45, 2.75) is 25.3 Å². The van der Waals surface area contributed by atoms with Gasteiger partial charge in [0.25, 0.3) is 11.8 Å². The third-order valence-corrected chi connectivity index (χ3v) is 4.60. The molecule has 24 heavy (non-hydrogen) atoms. The van der Waals surface area contributed by atoms with Gasteiger partial charge in [-0.25, -0.2) is 0 Å². The molecule has 0 saturated carbocycles. The second kappa shape index (κ2) is 8.84. The van der Waals surface area contributed by atoms with Crippen molar-refractivity contribution in [2.24, 2.45) is 5.73 Å². The molecular weight excluding hydrogens is 326 g/mol. The Balaban J connectivity index is 1.70. The molecule has 0 spiro atoms. The maximum absolute atomic E-state index is 12.2. The van der Waals surface area contributed by atoms with Crippen molar-refractivity contribution in [3.8, 4) is 0 Å². The lowest BCUT2D eigenvalue weighted by Gasteiger charge is -2.14. The predicted molar refractivity (Wildman–Crippen MR) is 95.0 cm³/mol. The summed E-state index contributed by atoms with van der Waals surface area (Å²) in [5, 5.41) is 2.79. The third kappa shape index (κ3) is 4.36. The number of amides is 3. The summed E-state index contributed by atoms with van der Waals surface area (Å²) >= 11 is 1.66. The fraction of sp³-hybridized carbons (Fsp3) is 0.471. The molecule has 1 atom stereocenters. The molecule has 1 aliphatic rings. The SMILES string of the molecule is CSCC[C@H](N)C(=O)NCCCCN1C(=O)c2ccccc2C1=O. The molecule has 1 aromatic carbocycles. The number of nitrogens with one attached hydrogen (secondary N) is 1. The van der Waals surface area contributed by atoms with Crippen LogP contribution < -0.4 is 11.1 Å². The van der Waals surface area contributed by atoms with Gasteiger partial charge in [0.1, 0.15) is 0 Å². The highest BCUT2D eigenvalue weighted by atomic mass is 32.2. The van der Waals surface area contributed by atoms with Crippen molar-refractivity contribution in [3.05, 3.63) is 35.4 Å². The van der Waals surface area contributed by atoms with Gasteiger partial charge in [-0.3, -0.25) is 19.3 Å². The molecule has 1 aromatic rings. The predicted octanol–water partition coefficient (Wildman–Crippen LogP) is 1.26. The van der Waals surface area contributed by atoms with Crippen molar-refractivity contribution >= 4 is 29.5 Å². The molecule has 7 heteroatoms. The molecule has 6 nitrogen and oxygen atoms in total. The number of fused-ring (bicyclic) bond motifs is 1. The van der Waals surface area contributed by atoms with E-state index in [1.165, 1.54) is 4.90 Å². The minimum absolute atomic E-state index is 0.148. The lowest BCUT2D eigenvalue weighted by molar-refractivity contribution is -0.122. The van der Waals surface area contributed by atoms with Gasteiger partial charge in [0, 0.05) is 13.1 Å². The summed E-state index contributed by atoms with van der Waals surface area (Å²) in [5.74, 6) is 0.233. The van der Waals surface area contributed by atoms with E-state index in [2.05, 4.69) is 5.32 Å². The minimum Gasteiger partial charge on any atom is -0.355 e. The third-order valence-electron chi connectivity index (χ3n) is 3.96. The molecule has 0 aliphatic carbocycles. The summed E-state index contributed by atoms with van der Waals surface area (Å²) in [6.07, 6.45) is 3.96. The Hall–Kier alpha value is -1.86. The van der Waals surface area contributed by atoms with Crippen LogP contribution in [0.15, 0.2) is 24.3 Å². The molecule has 0 bridgehead atoms. The average Bonchev–Trinajstić information content (AvgIpc) is 2.84. The summed E-state index contributed by atoms with van der Waals surface area (Å²) in [4.78, 5) is 37.4. The molecule has 3 N–H and O–H groups in total. The maximum atomic E-state index is 12.2. The number of carbonyl (C=O) groups is 3. The van der Waals surface area contributed by atoms with Crippen LogP contribution in [0.3, 0.4) is 0 Å². The topological polar surface area (TPSA) is 92.5 Å². The number of carbonyl (C=O) groups excluding carboxylic acids is 3. The zero-order valence-corrected chi connectivity index (χ0v) is 14.6. The first-order valence-corrected chi connectivity index (χ1v) is 9.43. The minimum atomic E-state index is -0.478. The highest BCUT2D eigenvalue weighted by Crippen LogP contribution is 2.22. The van der Waals surface area contributed by atoms with E-state index in [9.17, 15) is 14.4 Å². The summed E-state index contributed by atoms with van der Waals surface area (Å²) in [6.45, 7) is 0.857. The lowest BCUT2D eigenvalue weighted by Crippen LogP contribution is -2.41. The molecule has 130 valence electrons. The van der Waals surface area contributed by atoms with Crippen LogP contribution in [0.2, 0.25) is 0 Å². The van der Waals surface area contributed by atoms with Crippen LogP contribution in [0.1, 0.15) is 40.0 Å². The van der Waals surface area contributed by atoms with E-state index in [-0.39, 0.29) is 17.7 Å². The molecule has 0 fully saturated rings. The average molecular weight is 349 g/mol. The van der Waals surface area contributed by atoms with Gasteiger partial charge >= 0.3 is 0 Å². The van der Waals surface area contributed by atoms with E-state index in [0.717, 1.165) is 5.75 Å². The van der Waals surface area contributed by atoms with Crippen LogP contribution >= 0.6 is 11.8 Å². The van der Waals surface area contributed by atoms with Gasteiger partial charge in [0.2, 0.25) is 5.91 Å². The Kier molecular flexibility index (Phi) is 6.81. The van der Waals surface area contributed by atoms with Gasteiger partial charge < -0.3 is 11.1 Å². The van der Waals surface area contributed by atoms with Crippen LogP contribution in [0.5, 0.6) is 0 Å². The standard InChI is InChI=1S/C17H23N3O3S/c1-24-11-8-14(18)15(21)19-9-4-5-10-20-16(22)12-6-2-3-7-13(12)17(20)23/h2-3,6-7,14H,4-5,8-11,18H2,1H3,(H,19,21)/t14-/m0/s1. The van der Waals surface area contributed by atoms with Gasteiger partial charge in [-0.05, 0) is 43.4 Å². The highest BCUT2D eigenvalue weighted by molar-refractivity contribution is 7.98. The number of imide groups is 1. The van der Waals surface area contributed by atoms with E-state index in [1.54, 1.807) is 36.0 Å². The maximum Gasteiger partial charge on any atom is 0.261 e. The Morgan fingerprint density at radius 2 is 1.83 bits per heavy atom. The summed E-state index contributed by atoms with van der Waals surface area (Å²) < 4.78 is 0. The van der Waals surface area contributed by atoms with Crippen LogP contribution in [0.4, 0.5) is 0 Å². The smallest absolute Gasteiger partial charge is 0.261 e. The van der Waals surface area contributed by atoms with Gasteiger partial charge in [-0.1, -0.05) is 12.1 Å². The molecule has 3 amide bonds. The number of nitrogens with two attached hydrogens (primary N) is 1. The quantitative estimate of drug-likeness (QED) is 0.517. The van der Waals surface area contributed by atoms with E-state index >= 15 is 0 Å². The zero-order valence-electron chi connectivity index (χ0n) is 13.8. The Morgan fingerprint density at radius 3 is 2.42 bits per heavy atom. The van der Waals surface area contributed by atoms with Crippen LogP contribution in [0.25, 0.3) is 0 Å². The Morgan fingerprint density at radius 1 is 1.21 bits per heavy atom. The van der Waals surface area contributed by atoms with E-state index in [4.69, 9.17) is 5.73 Å². The molecule has 0 unspecified atom stereocenters. The summed E-state index contributed by atoms with van der Waals surface area (Å²) in [7, 11) is 0. The fourth-order valence-corrected chi connectivity index (χ4v) is 3.05. The number of hydrogen-bond donors (Lipinski definition) is 2. The number of unbranched alkanes of at least 4 members (excludes halogenated alkanes) is 1. The first kappa shape index (κ1) is 18.5. The van der Waals surface area contributed by atoms with E-state index in [1.807, 2.05) is 6.26 Å². The second-order valence-corrected chi connectivity index (χ2v) is 6.68. The van der Waals surface area contributed by atoms with Crippen LogP contribution in [0, 0.1) is 0 Å². The molecule has 0 aromatic heterocycles. The van der Waals surface area contributed by atoms with Crippen molar-refractivity contribution in [2.75, 3.05) is 25.1 Å². The van der Waals surface area contributed by atoms with Gasteiger partial charge in [0.05, 0.1) is 17.2 Å². The van der Waals surface area contributed by atoms with Crippen molar-refractivity contribution in [1.29, 1.82) is 0 Å². The molecular formula is C17H23N3O3S. The summed E-state index contributed by atoms with van der Waals surface area (Å²) in [5.41, 5.74) is 6.72. The van der Waals surface area contributed by atoms with Gasteiger partial charge in [-0.2, -0.15) is 11.8 Å². The second-order valence-electron chi connectivity index (χ2n) is 5.69. The number of thioether (sulfide) groups is 1. The first-order chi connectivity index (χ1) is 11.6. The van der Waals surface area contributed by atoms with Crippen molar-refractivity contribution in [3.63, 3.8) is 0 Å². The van der Waals surface area contributed by atoms with Crippen LogP contribution in [-0.4, -0.2) is 53.8 Å². The fourth-order valence-electron chi connectivity index (χ4n) is 2.56. The summed E-state index contributed by atoms with van der Waals surface area (Å²) in [6, 6.07) is 6.37. The normalized spacial score (nSPS) is 14.7. The zero-order chi connectivity index (χ0) is 17.5. The number of nitrogens with zero attached hydrogens (tertiary/aromatic N) is 1.